The molecule has 0 aliphatic carbocycles. The van der Waals surface area contributed by atoms with Crippen LogP contribution in [0.1, 0.15) is 33.5 Å². The van der Waals surface area contributed by atoms with E-state index < -0.39 is 12.0 Å². The number of carbonyl (C=O) groups excluding carboxylic acids is 1. The minimum Gasteiger partial charge on any atom is -0.458 e. The van der Waals surface area contributed by atoms with Gasteiger partial charge in [-0.25, -0.2) is 14.5 Å². The highest BCUT2D eigenvalue weighted by Crippen LogP contribution is 2.27. The highest BCUT2D eigenvalue weighted by Gasteiger charge is 2.37. The van der Waals surface area contributed by atoms with Gasteiger partial charge in [0.2, 0.25) is 5.91 Å². The first-order valence-electron chi connectivity index (χ1n) is 9.20. The summed E-state index contributed by atoms with van der Waals surface area (Å²) in [5.74, 6) is -0.588. The fourth-order valence-electron chi connectivity index (χ4n) is 3.08. The molecule has 4 rings (SSSR count). The average Bonchev–Trinajstić information content (AvgIpc) is 3.42. The van der Waals surface area contributed by atoms with Crippen molar-refractivity contribution in [2.45, 2.75) is 39.9 Å². The molecule has 0 bridgehead atoms. The molecule has 0 atom stereocenters. The summed E-state index contributed by atoms with van der Waals surface area (Å²) in [6.07, 6.45) is -4.74. The highest BCUT2D eigenvalue weighted by atomic mass is 32.1. The van der Waals surface area contributed by atoms with Gasteiger partial charge in [-0.15, -0.1) is 16.4 Å². The first kappa shape index (κ1) is 21.0. The number of thiazole rings is 1. The van der Waals surface area contributed by atoms with Crippen molar-refractivity contribution in [1.82, 2.24) is 29.9 Å². The van der Waals surface area contributed by atoms with Gasteiger partial charge in [0.05, 0.1) is 18.0 Å². The molecule has 0 aromatic carbocycles. The van der Waals surface area contributed by atoms with Crippen molar-refractivity contribution in [3.8, 4) is 11.5 Å². The van der Waals surface area contributed by atoms with E-state index >= 15 is 0 Å². The maximum atomic E-state index is 12.9. The van der Waals surface area contributed by atoms with Gasteiger partial charge in [0.15, 0.2) is 5.76 Å². The minimum atomic E-state index is -4.68. The fourth-order valence-corrected chi connectivity index (χ4v) is 3.68. The lowest BCUT2D eigenvalue weighted by molar-refractivity contribution is -0.144. The first-order valence-corrected chi connectivity index (χ1v) is 10.1. The topological polar surface area (TPSA) is 98.2 Å². The summed E-state index contributed by atoms with van der Waals surface area (Å²) in [5, 5.41) is 9.04. The molecule has 0 radical (unpaired) electrons. The fraction of sp³-hybridized carbons (Fsp3) is 0.316. The minimum absolute atomic E-state index is 0.0688. The summed E-state index contributed by atoms with van der Waals surface area (Å²) in [6, 6.07) is 3.54. The van der Waals surface area contributed by atoms with Gasteiger partial charge in [0, 0.05) is 22.3 Å². The normalized spacial score (nSPS) is 11.9. The number of carbonyl (C=O) groups is 1. The Morgan fingerprint density at radius 2 is 1.97 bits per heavy atom. The highest BCUT2D eigenvalue weighted by molar-refractivity contribution is 7.09. The van der Waals surface area contributed by atoms with Crippen molar-refractivity contribution in [3.05, 3.63) is 51.1 Å². The lowest BCUT2D eigenvalue weighted by Gasteiger charge is -2.10. The molecule has 0 saturated carbocycles. The molecule has 31 heavy (non-hydrogen) atoms. The number of hydrogen-bond donors (Lipinski definition) is 1. The molecule has 0 fully saturated rings. The third kappa shape index (κ3) is 4.29. The monoisotopic (exact) mass is 450 g/mol. The van der Waals surface area contributed by atoms with Crippen molar-refractivity contribution >= 4 is 23.0 Å². The molecule has 0 unspecified atom stereocenters. The standard InChI is InChI=1S/C19H17F3N6O2S/c1-9-13(10(2)28-18(24-9)26-17(27-28)19(20,21)22)6-16(29)23-7-12-4-5-15(30-12)14-8-31-11(3)25-14/h4-5,8H,6-7H2,1-3H3,(H,23,29). The molecular weight excluding hydrogens is 433 g/mol. The van der Waals surface area contributed by atoms with E-state index in [1.807, 2.05) is 12.3 Å². The van der Waals surface area contributed by atoms with Crippen LogP contribution in [0.5, 0.6) is 0 Å². The van der Waals surface area contributed by atoms with Gasteiger partial charge in [-0.2, -0.15) is 18.2 Å². The maximum absolute atomic E-state index is 12.9. The summed E-state index contributed by atoms with van der Waals surface area (Å²) in [5.41, 5.74) is 2.01. The Hall–Kier alpha value is -3.28. The molecule has 1 N–H and O–H groups in total. The largest absolute Gasteiger partial charge is 0.458 e. The Morgan fingerprint density at radius 1 is 1.19 bits per heavy atom. The van der Waals surface area contributed by atoms with Crippen LogP contribution in [-0.2, 0) is 23.9 Å². The molecule has 8 nitrogen and oxygen atoms in total. The molecule has 4 aromatic rings. The van der Waals surface area contributed by atoms with Crippen LogP contribution < -0.4 is 5.32 Å². The van der Waals surface area contributed by atoms with Gasteiger partial charge in [-0.1, -0.05) is 0 Å². The second-order valence-corrected chi connectivity index (χ2v) is 7.94. The summed E-state index contributed by atoms with van der Waals surface area (Å²) in [6.45, 7) is 5.26. The Morgan fingerprint density at radius 3 is 2.65 bits per heavy atom. The number of aryl methyl sites for hydroxylation is 3. The van der Waals surface area contributed by atoms with E-state index in [1.165, 1.54) is 11.3 Å². The zero-order valence-electron chi connectivity index (χ0n) is 16.7. The number of aromatic nitrogens is 5. The lowest BCUT2D eigenvalue weighted by atomic mass is 10.1. The summed E-state index contributed by atoms with van der Waals surface area (Å²) in [4.78, 5) is 24.3. The van der Waals surface area contributed by atoms with E-state index in [0.717, 1.165) is 15.2 Å². The number of nitrogens with one attached hydrogen (secondary N) is 1. The van der Waals surface area contributed by atoms with Gasteiger partial charge in [0.25, 0.3) is 11.6 Å². The number of amides is 1. The van der Waals surface area contributed by atoms with Crippen LogP contribution in [0.3, 0.4) is 0 Å². The number of halogens is 3. The number of hydrogen-bond acceptors (Lipinski definition) is 7. The van der Waals surface area contributed by atoms with Crippen LogP contribution in [0, 0.1) is 20.8 Å². The summed E-state index contributed by atoms with van der Waals surface area (Å²) in [7, 11) is 0. The number of fused-ring (bicyclic) bond motifs is 1. The van der Waals surface area contributed by atoms with Crippen LogP contribution in [0.2, 0.25) is 0 Å². The van der Waals surface area contributed by atoms with Crippen molar-refractivity contribution in [2.75, 3.05) is 0 Å². The molecule has 0 aliphatic heterocycles. The van der Waals surface area contributed by atoms with Crippen molar-refractivity contribution in [1.29, 1.82) is 0 Å². The van der Waals surface area contributed by atoms with Crippen LogP contribution in [0.25, 0.3) is 17.2 Å². The zero-order chi connectivity index (χ0) is 22.3. The maximum Gasteiger partial charge on any atom is 0.453 e. The molecule has 4 aromatic heterocycles. The summed E-state index contributed by atoms with van der Waals surface area (Å²) < 4.78 is 45.4. The Balaban J connectivity index is 1.46. The Bertz CT molecular complexity index is 1270. The van der Waals surface area contributed by atoms with E-state index in [2.05, 4.69) is 25.4 Å². The smallest absolute Gasteiger partial charge is 0.453 e. The van der Waals surface area contributed by atoms with E-state index in [0.29, 0.717) is 28.5 Å². The molecule has 0 aliphatic rings. The Kier molecular flexibility index (Phi) is 5.25. The number of furan rings is 1. The molecule has 4 heterocycles. The average molecular weight is 450 g/mol. The van der Waals surface area contributed by atoms with Gasteiger partial charge in [0.1, 0.15) is 11.5 Å². The third-order valence-electron chi connectivity index (χ3n) is 4.63. The summed E-state index contributed by atoms with van der Waals surface area (Å²) >= 11 is 1.51. The molecular formula is C19H17F3N6O2S. The predicted octanol–water partition coefficient (Wildman–Crippen LogP) is 3.64. The van der Waals surface area contributed by atoms with Crippen molar-refractivity contribution in [3.63, 3.8) is 0 Å². The Labute approximate surface area is 178 Å². The number of alkyl halides is 3. The van der Waals surface area contributed by atoms with Gasteiger partial charge >= 0.3 is 6.18 Å². The predicted molar refractivity (Wildman–Crippen MR) is 105 cm³/mol. The van der Waals surface area contributed by atoms with Gasteiger partial charge in [-0.05, 0) is 32.9 Å². The van der Waals surface area contributed by atoms with E-state index in [9.17, 15) is 18.0 Å². The van der Waals surface area contributed by atoms with Gasteiger partial charge < -0.3 is 9.73 Å². The molecule has 0 saturated heterocycles. The molecule has 0 spiro atoms. The second kappa shape index (κ2) is 7.76. The van der Waals surface area contributed by atoms with Crippen LogP contribution in [-0.4, -0.2) is 30.5 Å². The van der Waals surface area contributed by atoms with Crippen molar-refractivity contribution in [2.24, 2.45) is 0 Å². The van der Waals surface area contributed by atoms with E-state index in [-0.39, 0.29) is 24.7 Å². The van der Waals surface area contributed by atoms with Crippen LogP contribution in [0.15, 0.2) is 21.9 Å². The number of nitrogens with zero attached hydrogens (tertiary/aromatic N) is 5. The number of rotatable bonds is 5. The zero-order valence-corrected chi connectivity index (χ0v) is 17.6. The third-order valence-corrected chi connectivity index (χ3v) is 5.41. The molecule has 162 valence electrons. The van der Waals surface area contributed by atoms with E-state index in [4.69, 9.17) is 4.42 Å². The SMILES string of the molecule is Cc1nc(-c2ccc(CNC(=O)Cc3c(C)nc4nc(C(F)(F)F)nn4c3C)o2)cs1. The van der Waals surface area contributed by atoms with Crippen molar-refractivity contribution < 1.29 is 22.4 Å². The lowest BCUT2D eigenvalue weighted by Crippen LogP contribution is -2.25. The first-order chi connectivity index (χ1) is 14.6. The molecule has 1 amide bonds. The van der Waals surface area contributed by atoms with E-state index in [1.54, 1.807) is 26.0 Å². The van der Waals surface area contributed by atoms with Crippen LogP contribution in [0.4, 0.5) is 13.2 Å². The second-order valence-electron chi connectivity index (χ2n) is 6.88. The van der Waals surface area contributed by atoms with Gasteiger partial charge in [-0.3, -0.25) is 4.79 Å². The molecule has 12 heteroatoms. The van der Waals surface area contributed by atoms with Crippen LogP contribution >= 0.6 is 11.3 Å². The quantitative estimate of drug-likeness (QED) is 0.499.